The fourth-order valence-electron chi connectivity index (χ4n) is 3.50. The van der Waals surface area contributed by atoms with Crippen molar-refractivity contribution in [2.45, 2.75) is 70.8 Å². The van der Waals surface area contributed by atoms with Crippen LogP contribution in [-0.4, -0.2) is 17.1 Å². The summed E-state index contributed by atoms with van der Waals surface area (Å²) in [6.45, 7) is 2.25. The number of unbranched alkanes of at least 4 members (excludes halogenated alkanes) is 3. The Morgan fingerprint density at radius 3 is 2.45 bits per heavy atom. The molecule has 3 heteroatoms. The average Bonchev–Trinajstić information content (AvgIpc) is 3.05. The highest BCUT2D eigenvalue weighted by Gasteiger charge is 2.24. The standard InChI is InChI=1S/C19H29NO2/c1-2-3-4-5-10-18(15-8-6-7-9-15)20-17-13-11-16(12-14-17)19(21)22/h11-15,18,20H,2-10H2,1H3,(H,21,22). The molecule has 1 aromatic rings. The molecule has 3 nitrogen and oxygen atoms in total. The van der Waals surface area contributed by atoms with E-state index in [2.05, 4.69) is 12.2 Å². The lowest BCUT2D eigenvalue weighted by Gasteiger charge is -2.26. The van der Waals surface area contributed by atoms with Gasteiger partial charge in [-0.05, 0) is 49.4 Å². The van der Waals surface area contributed by atoms with E-state index in [0.29, 0.717) is 11.6 Å². The number of carboxylic acids is 1. The predicted molar refractivity (Wildman–Crippen MR) is 91.5 cm³/mol. The minimum atomic E-state index is -0.863. The first-order valence-electron chi connectivity index (χ1n) is 8.80. The number of rotatable bonds is 9. The third-order valence-corrected chi connectivity index (χ3v) is 4.82. The van der Waals surface area contributed by atoms with Crippen LogP contribution in [0.15, 0.2) is 24.3 Å². The summed E-state index contributed by atoms with van der Waals surface area (Å²) in [6.07, 6.45) is 11.8. The van der Waals surface area contributed by atoms with Crippen LogP contribution in [0.1, 0.15) is 75.1 Å². The summed E-state index contributed by atoms with van der Waals surface area (Å²) in [5.74, 6) is -0.0840. The highest BCUT2D eigenvalue weighted by molar-refractivity contribution is 5.88. The number of anilines is 1. The Kier molecular flexibility index (Phi) is 6.75. The van der Waals surface area contributed by atoms with Gasteiger partial charge < -0.3 is 10.4 Å². The van der Waals surface area contributed by atoms with Crippen molar-refractivity contribution >= 4 is 11.7 Å². The SMILES string of the molecule is CCCCCCC(Nc1ccc(C(=O)O)cc1)C1CCCC1. The van der Waals surface area contributed by atoms with Crippen molar-refractivity contribution in [2.75, 3.05) is 5.32 Å². The van der Waals surface area contributed by atoms with E-state index in [1.807, 2.05) is 12.1 Å². The van der Waals surface area contributed by atoms with Crippen LogP contribution < -0.4 is 5.32 Å². The number of aromatic carboxylic acids is 1. The summed E-state index contributed by atoms with van der Waals surface area (Å²) in [5.41, 5.74) is 1.41. The zero-order valence-corrected chi connectivity index (χ0v) is 13.7. The van der Waals surface area contributed by atoms with Crippen molar-refractivity contribution in [3.05, 3.63) is 29.8 Å². The van der Waals surface area contributed by atoms with E-state index < -0.39 is 5.97 Å². The number of hydrogen-bond acceptors (Lipinski definition) is 2. The zero-order chi connectivity index (χ0) is 15.8. The summed E-state index contributed by atoms with van der Waals surface area (Å²) in [4.78, 5) is 10.9. The molecule has 1 unspecified atom stereocenters. The molecule has 1 atom stereocenters. The van der Waals surface area contributed by atoms with Gasteiger partial charge in [-0.15, -0.1) is 0 Å². The van der Waals surface area contributed by atoms with Crippen LogP contribution in [0.25, 0.3) is 0 Å². The van der Waals surface area contributed by atoms with Crippen molar-refractivity contribution in [3.8, 4) is 0 Å². The van der Waals surface area contributed by atoms with Gasteiger partial charge in [0.15, 0.2) is 0 Å². The van der Waals surface area contributed by atoms with E-state index in [0.717, 1.165) is 11.6 Å². The van der Waals surface area contributed by atoms with Crippen LogP contribution in [0, 0.1) is 5.92 Å². The molecule has 0 radical (unpaired) electrons. The van der Waals surface area contributed by atoms with Gasteiger partial charge in [0.1, 0.15) is 0 Å². The van der Waals surface area contributed by atoms with Gasteiger partial charge >= 0.3 is 5.97 Å². The molecule has 0 aliphatic heterocycles. The molecule has 2 N–H and O–H groups in total. The van der Waals surface area contributed by atoms with Gasteiger partial charge in [0, 0.05) is 11.7 Å². The Labute approximate surface area is 134 Å². The minimum absolute atomic E-state index is 0.353. The van der Waals surface area contributed by atoms with Gasteiger partial charge in [0.05, 0.1) is 5.56 Å². The highest BCUT2D eigenvalue weighted by Crippen LogP contribution is 2.32. The monoisotopic (exact) mass is 303 g/mol. The normalized spacial score (nSPS) is 16.6. The molecular weight excluding hydrogens is 274 g/mol. The fourth-order valence-corrected chi connectivity index (χ4v) is 3.50. The summed E-state index contributed by atoms with van der Waals surface area (Å²) in [6, 6.07) is 7.71. The van der Waals surface area contributed by atoms with Crippen LogP contribution in [-0.2, 0) is 0 Å². The van der Waals surface area contributed by atoms with Crippen molar-refractivity contribution < 1.29 is 9.90 Å². The molecule has 0 saturated heterocycles. The predicted octanol–water partition coefficient (Wildman–Crippen LogP) is 5.33. The van der Waals surface area contributed by atoms with Gasteiger partial charge in [-0.3, -0.25) is 0 Å². The van der Waals surface area contributed by atoms with Crippen LogP contribution >= 0.6 is 0 Å². The lowest BCUT2D eigenvalue weighted by molar-refractivity contribution is 0.0697. The topological polar surface area (TPSA) is 49.3 Å². The largest absolute Gasteiger partial charge is 0.478 e. The lowest BCUT2D eigenvalue weighted by Crippen LogP contribution is -2.27. The molecule has 0 spiro atoms. The van der Waals surface area contributed by atoms with E-state index in [4.69, 9.17) is 5.11 Å². The highest BCUT2D eigenvalue weighted by atomic mass is 16.4. The molecule has 1 aliphatic rings. The van der Waals surface area contributed by atoms with Gasteiger partial charge in [-0.25, -0.2) is 4.79 Å². The van der Waals surface area contributed by atoms with E-state index in [1.165, 1.54) is 57.8 Å². The number of benzene rings is 1. The molecule has 1 fully saturated rings. The quantitative estimate of drug-likeness (QED) is 0.606. The van der Waals surface area contributed by atoms with Crippen LogP contribution in [0.4, 0.5) is 5.69 Å². The molecular formula is C19H29NO2. The molecule has 1 aliphatic carbocycles. The van der Waals surface area contributed by atoms with Gasteiger partial charge in [-0.1, -0.05) is 45.4 Å². The molecule has 122 valence electrons. The Balaban J connectivity index is 1.93. The first-order valence-corrected chi connectivity index (χ1v) is 8.80. The Bertz CT molecular complexity index is 449. The minimum Gasteiger partial charge on any atom is -0.478 e. The molecule has 2 rings (SSSR count). The van der Waals surface area contributed by atoms with Crippen molar-refractivity contribution in [2.24, 2.45) is 5.92 Å². The van der Waals surface area contributed by atoms with E-state index in [9.17, 15) is 4.79 Å². The maximum absolute atomic E-state index is 10.9. The second kappa shape index (κ2) is 8.82. The fraction of sp³-hybridized carbons (Fsp3) is 0.632. The average molecular weight is 303 g/mol. The van der Waals surface area contributed by atoms with Crippen molar-refractivity contribution in [3.63, 3.8) is 0 Å². The smallest absolute Gasteiger partial charge is 0.335 e. The molecule has 1 saturated carbocycles. The van der Waals surface area contributed by atoms with Gasteiger partial charge in [-0.2, -0.15) is 0 Å². The molecule has 22 heavy (non-hydrogen) atoms. The Morgan fingerprint density at radius 1 is 1.18 bits per heavy atom. The Hall–Kier alpha value is -1.51. The van der Waals surface area contributed by atoms with Crippen molar-refractivity contribution in [1.29, 1.82) is 0 Å². The molecule has 0 aromatic heterocycles. The maximum atomic E-state index is 10.9. The number of nitrogens with one attached hydrogen (secondary N) is 1. The number of carboxylic acid groups (broad SMARTS) is 1. The lowest BCUT2D eigenvalue weighted by atomic mass is 9.92. The van der Waals surface area contributed by atoms with Gasteiger partial charge in [0.25, 0.3) is 0 Å². The summed E-state index contributed by atoms with van der Waals surface area (Å²) in [7, 11) is 0. The number of hydrogen-bond donors (Lipinski definition) is 2. The molecule has 0 heterocycles. The van der Waals surface area contributed by atoms with Crippen LogP contribution in [0.5, 0.6) is 0 Å². The first kappa shape index (κ1) is 16.9. The second-order valence-electron chi connectivity index (χ2n) is 6.53. The second-order valence-corrected chi connectivity index (χ2v) is 6.53. The maximum Gasteiger partial charge on any atom is 0.335 e. The van der Waals surface area contributed by atoms with Crippen LogP contribution in [0.3, 0.4) is 0 Å². The molecule has 1 aromatic carbocycles. The molecule has 0 bridgehead atoms. The molecule has 0 amide bonds. The van der Waals surface area contributed by atoms with Gasteiger partial charge in [0.2, 0.25) is 0 Å². The van der Waals surface area contributed by atoms with E-state index >= 15 is 0 Å². The first-order chi connectivity index (χ1) is 10.7. The number of carbonyl (C=O) groups is 1. The van der Waals surface area contributed by atoms with E-state index in [-0.39, 0.29) is 0 Å². The van der Waals surface area contributed by atoms with Crippen LogP contribution in [0.2, 0.25) is 0 Å². The Morgan fingerprint density at radius 2 is 1.86 bits per heavy atom. The summed E-state index contributed by atoms with van der Waals surface area (Å²) in [5, 5.41) is 12.6. The van der Waals surface area contributed by atoms with E-state index in [1.54, 1.807) is 12.1 Å². The van der Waals surface area contributed by atoms with Crippen molar-refractivity contribution in [1.82, 2.24) is 0 Å². The third-order valence-electron chi connectivity index (χ3n) is 4.82. The zero-order valence-electron chi connectivity index (χ0n) is 13.7. The summed E-state index contributed by atoms with van der Waals surface area (Å²) < 4.78 is 0. The third kappa shape index (κ3) is 5.04. The summed E-state index contributed by atoms with van der Waals surface area (Å²) >= 11 is 0.